The largest absolute Gasteiger partial charge is 0.443 e. The summed E-state index contributed by atoms with van der Waals surface area (Å²) in [4.78, 5) is 29.5. The van der Waals surface area contributed by atoms with E-state index in [0.29, 0.717) is 35.5 Å². The maximum absolute atomic E-state index is 14.0. The van der Waals surface area contributed by atoms with Gasteiger partial charge >= 0.3 is 12.2 Å². The first-order valence-electron chi connectivity index (χ1n) is 17.6. The second kappa shape index (κ2) is 12.3. The first kappa shape index (κ1) is 33.6. The molecular weight excluding hydrogens is 522 g/mol. The summed E-state index contributed by atoms with van der Waals surface area (Å²) in [6.07, 6.45) is 13.8. The average Bonchev–Trinajstić information content (AvgIpc) is 3.19. The summed E-state index contributed by atoms with van der Waals surface area (Å²) >= 11 is 0. The molecule has 42 heavy (non-hydrogen) atoms. The number of rotatable bonds is 6. The van der Waals surface area contributed by atoms with E-state index in [1.54, 1.807) is 0 Å². The Kier molecular flexibility index (Phi) is 9.82. The molecule has 0 aromatic heterocycles. The number of hydrogen-bond acceptors (Lipinski definition) is 4. The van der Waals surface area contributed by atoms with Crippen LogP contribution in [0.4, 0.5) is 9.59 Å². The Morgan fingerprint density at radius 1 is 0.786 bits per heavy atom. The van der Waals surface area contributed by atoms with E-state index in [9.17, 15) is 9.59 Å². The summed E-state index contributed by atoms with van der Waals surface area (Å²) in [6, 6.07) is -0.171. The van der Waals surface area contributed by atoms with E-state index in [1.165, 1.54) is 75.5 Å². The molecule has 4 saturated carbocycles. The molecular formula is C37H65NO4. The number of carbonyl (C=O) groups is 2. The van der Waals surface area contributed by atoms with Crippen LogP contribution in [0.2, 0.25) is 0 Å². The van der Waals surface area contributed by atoms with Crippen LogP contribution in [0.3, 0.4) is 0 Å². The molecule has 0 bridgehead atoms. The van der Waals surface area contributed by atoms with Crippen molar-refractivity contribution in [3.05, 3.63) is 0 Å². The predicted molar refractivity (Wildman–Crippen MR) is 171 cm³/mol. The van der Waals surface area contributed by atoms with Crippen molar-refractivity contribution < 1.29 is 19.1 Å². The highest BCUT2D eigenvalue weighted by Gasteiger charge is 2.64. The van der Waals surface area contributed by atoms with Crippen LogP contribution in [0.15, 0.2) is 0 Å². The van der Waals surface area contributed by atoms with Crippen LogP contribution in [0.5, 0.6) is 0 Å². The van der Waals surface area contributed by atoms with Gasteiger partial charge in [-0.3, -0.25) is 0 Å². The van der Waals surface area contributed by atoms with Gasteiger partial charge in [0.1, 0.15) is 11.2 Å². The lowest BCUT2D eigenvalue weighted by Gasteiger charge is -2.63. The Labute approximate surface area is 258 Å². The summed E-state index contributed by atoms with van der Waals surface area (Å²) in [5, 5.41) is 0. The zero-order valence-corrected chi connectivity index (χ0v) is 29.2. The van der Waals surface area contributed by atoms with Crippen molar-refractivity contribution in [1.29, 1.82) is 0 Å². The molecule has 0 unspecified atom stereocenters. The lowest BCUT2D eigenvalue weighted by atomic mass is 9.43. The van der Waals surface area contributed by atoms with Crippen molar-refractivity contribution in [1.82, 2.24) is 4.90 Å². The standard InChI is InChI=1S/C37H65NO4/c1-24(2)15-14-16-25(3)27-18-19-28-31-29(20-22-37(27,28)11)36(10)21-13-12-17-26(36)23-30(31)38(32(39)41-34(4,5)6)33(40)42-35(7,8)9/h24-31H,12-23H2,1-11H3/t25-,26-,27-,28+,29+,30-,31+,36+,37-/m1/s1. The van der Waals surface area contributed by atoms with E-state index in [2.05, 4.69) is 34.6 Å². The second-order valence-corrected chi connectivity index (χ2v) is 17.9. The third kappa shape index (κ3) is 6.85. The minimum atomic E-state index is -0.685. The lowest BCUT2D eigenvalue weighted by molar-refractivity contribution is -0.146. The fraction of sp³-hybridized carbons (Fsp3) is 0.946. The molecule has 0 aliphatic heterocycles. The van der Waals surface area contributed by atoms with Crippen LogP contribution in [-0.4, -0.2) is 34.3 Å². The number of fused-ring (bicyclic) bond motifs is 5. The van der Waals surface area contributed by atoms with Crippen molar-refractivity contribution in [2.24, 2.45) is 52.3 Å². The molecule has 5 heteroatoms. The fourth-order valence-electron chi connectivity index (χ4n) is 10.5. The minimum Gasteiger partial charge on any atom is -0.443 e. The summed E-state index contributed by atoms with van der Waals surface area (Å²) < 4.78 is 12.0. The fourth-order valence-corrected chi connectivity index (χ4v) is 10.5. The molecule has 4 rings (SSSR count). The molecule has 0 radical (unpaired) electrons. The quantitative estimate of drug-likeness (QED) is 0.310. The van der Waals surface area contributed by atoms with Crippen LogP contribution < -0.4 is 0 Å². The molecule has 0 N–H and O–H groups in total. The maximum atomic E-state index is 14.0. The molecule has 9 atom stereocenters. The van der Waals surface area contributed by atoms with Crippen LogP contribution >= 0.6 is 0 Å². The zero-order valence-electron chi connectivity index (χ0n) is 29.2. The van der Waals surface area contributed by atoms with Gasteiger partial charge in [-0.1, -0.05) is 66.7 Å². The summed E-state index contributed by atoms with van der Waals surface area (Å²) in [7, 11) is 0. The molecule has 4 fully saturated rings. The third-order valence-corrected chi connectivity index (χ3v) is 12.3. The van der Waals surface area contributed by atoms with Gasteiger partial charge in [0.2, 0.25) is 0 Å². The van der Waals surface area contributed by atoms with Crippen LogP contribution in [0.1, 0.15) is 153 Å². The van der Waals surface area contributed by atoms with Crippen molar-refractivity contribution >= 4 is 12.2 Å². The second-order valence-electron chi connectivity index (χ2n) is 17.9. The summed E-state index contributed by atoms with van der Waals surface area (Å²) in [5.74, 6) is 4.07. The van der Waals surface area contributed by atoms with Crippen molar-refractivity contribution in [2.75, 3.05) is 0 Å². The zero-order chi connectivity index (χ0) is 31.3. The van der Waals surface area contributed by atoms with E-state index in [-0.39, 0.29) is 16.9 Å². The Hall–Kier alpha value is -1.26. The highest BCUT2D eigenvalue weighted by atomic mass is 16.6. The van der Waals surface area contributed by atoms with Gasteiger partial charge in [-0.05, 0) is 139 Å². The Morgan fingerprint density at radius 2 is 1.38 bits per heavy atom. The van der Waals surface area contributed by atoms with Gasteiger partial charge in [0.15, 0.2) is 0 Å². The maximum Gasteiger partial charge on any atom is 0.420 e. The molecule has 2 amide bonds. The van der Waals surface area contributed by atoms with Gasteiger partial charge in [-0.25, -0.2) is 14.5 Å². The average molecular weight is 588 g/mol. The van der Waals surface area contributed by atoms with Gasteiger partial charge < -0.3 is 9.47 Å². The minimum absolute atomic E-state index is 0.171. The van der Waals surface area contributed by atoms with Gasteiger partial charge in [-0.2, -0.15) is 0 Å². The molecule has 0 aromatic carbocycles. The van der Waals surface area contributed by atoms with Gasteiger partial charge in [0.25, 0.3) is 0 Å². The summed E-state index contributed by atoms with van der Waals surface area (Å²) in [6.45, 7) is 23.7. The van der Waals surface area contributed by atoms with Crippen LogP contribution in [-0.2, 0) is 9.47 Å². The van der Waals surface area contributed by atoms with Crippen LogP contribution in [0, 0.1) is 52.3 Å². The van der Waals surface area contributed by atoms with Gasteiger partial charge in [0, 0.05) is 0 Å². The number of imide groups is 1. The van der Waals surface area contributed by atoms with E-state index in [0.717, 1.165) is 12.3 Å². The molecule has 0 aromatic rings. The number of hydrogen-bond donors (Lipinski definition) is 0. The van der Waals surface area contributed by atoms with E-state index in [4.69, 9.17) is 9.47 Å². The molecule has 0 heterocycles. The number of amides is 2. The topological polar surface area (TPSA) is 55.8 Å². The first-order chi connectivity index (χ1) is 19.4. The van der Waals surface area contributed by atoms with Crippen molar-refractivity contribution in [3.8, 4) is 0 Å². The Bertz CT molecular complexity index is 934. The molecule has 4 aliphatic rings. The third-order valence-electron chi connectivity index (χ3n) is 12.3. The molecule has 0 saturated heterocycles. The summed E-state index contributed by atoms with van der Waals surface area (Å²) in [5.41, 5.74) is -0.831. The smallest absolute Gasteiger partial charge is 0.420 e. The van der Waals surface area contributed by atoms with Crippen molar-refractivity contribution in [3.63, 3.8) is 0 Å². The highest BCUT2D eigenvalue weighted by Crippen LogP contribution is 2.69. The first-order valence-corrected chi connectivity index (χ1v) is 17.6. The van der Waals surface area contributed by atoms with E-state index < -0.39 is 23.4 Å². The molecule has 5 nitrogen and oxygen atoms in total. The number of carbonyl (C=O) groups excluding carboxylic acids is 2. The molecule has 0 spiro atoms. The Balaban J connectivity index is 1.73. The SMILES string of the molecule is CC(C)CCC[C@@H](C)[C@H]1CC[C@H]2[C@@H]3[C@H](N(C(=O)OC(C)(C)C)C(=O)OC(C)(C)C)C[C@H]4CCCC[C@]4(C)[C@H]3CC[C@]12C. The monoisotopic (exact) mass is 587 g/mol. The Morgan fingerprint density at radius 3 is 1.95 bits per heavy atom. The van der Waals surface area contributed by atoms with Crippen LogP contribution in [0.25, 0.3) is 0 Å². The van der Waals surface area contributed by atoms with Gasteiger partial charge in [-0.15, -0.1) is 0 Å². The number of nitrogens with zero attached hydrogens (tertiary/aromatic N) is 1. The number of ether oxygens (including phenoxy) is 2. The van der Waals surface area contributed by atoms with E-state index in [1.807, 2.05) is 41.5 Å². The van der Waals surface area contributed by atoms with Crippen molar-refractivity contribution in [2.45, 2.75) is 170 Å². The lowest BCUT2D eigenvalue weighted by Crippen LogP contribution is -2.63. The molecule has 4 aliphatic carbocycles. The highest BCUT2D eigenvalue weighted by molar-refractivity contribution is 5.88. The predicted octanol–water partition coefficient (Wildman–Crippen LogP) is 10.6. The normalized spacial score (nSPS) is 37.3. The van der Waals surface area contributed by atoms with Gasteiger partial charge in [0.05, 0.1) is 6.04 Å². The molecule has 242 valence electrons. The van der Waals surface area contributed by atoms with E-state index >= 15 is 0 Å².